The minimum Gasteiger partial charge on any atom is -0.395 e. The van der Waals surface area contributed by atoms with Gasteiger partial charge >= 0.3 is 6.03 Å². The number of rotatable bonds is 5. The summed E-state index contributed by atoms with van der Waals surface area (Å²) in [5, 5.41) is 14.7. The predicted octanol–water partition coefficient (Wildman–Crippen LogP) is 2.58. The molecule has 0 aliphatic rings. The topological polar surface area (TPSA) is 61.4 Å². The number of aliphatic hydroxyl groups is 1. The first-order chi connectivity index (χ1) is 8.63. The average Bonchev–Trinajstić information content (AvgIpc) is 2.37. The van der Waals surface area contributed by atoms with E-state index in [2.05, 4.69) is 10.6 Å². The van der Waals surface area contributed by atoms with Crippen molar-refractivity contribution in [2.75, 3.05) is 18.5 Å². The number of carbonyl (C=O) groups is 1. The molecule has 2 amide bonds. The van der Waals surface area contributed by atoms with Crippen molar-refractivity contribution in [1.82, 2.24) is 5.32 Å². The molecule has 0 bridgehead atoms. The van der Waals surface area contributed by atoms with Crippen LogP contribution in [-0.2, 0) is 12.8 Å². The zero-order valence-corrected chi connectivity index (χ0v) is 11.5. The molecule has 100 valence electrons. The van der Waals surface area contributed by atoms with Gasteiger partial charge in [-0.05, 0) is 30.0 Å². The Morgan fingerprint density at radius 1 is 1.33 bits per heavy atom. The molecular formula is C13H19ClN2O2. The van der Waals surface area contributed by atoms with Crippen molar-refractivity contribution in [3.05, 3.63) is 28.3 Å². The second-order valence-electron chi connectivity index (χ2n) is 3.87. The van der Waals surface area contributed by atoms with Crippen LogP contribution >= 0.6 is 11.6 Å². The maximum absolute atomic E-state index is 11.6. The summed E-state index contributed by atoms with van der Waals surface area (Å²) in [6.07, 6.45) is 1.57. The fraction of sp³-hybridized carbons (Fsp3) is 0.462. The Morgan fingerprint density at radius 2 is 2.06 bits per heavy atom. The summed E-state index contributed by atoms with van der Waals surface area (Å²) in [7, 11) is 0. The van der Waals surface area contributed by atoms with Crippen LogP contribution in [0.1, 0.15) is 25.0 Å². The molecule has 1 rings (SSSR count). The van der Waals surface area contributed by atoms with Crippen LogP contribution in [0.15, 0.2) is 12.1 Å². The van der Waals surface area contributed by atoms with Gasteiger partial charge in [-0.3, -0.25) is 0 Å². The lowest BCUT2D eigenvalue weighted by Crippen LogP contribution is -2.31. The standard InChI is InChI=1S/C13H19ClN2O2/c1-3-9-5-6-11(14)10(4-2)12(9)16-13(18)15-7-8-17/h5-6,17H,3-4,7-8H2,1-2H3,(H2,15,16,18). The summed E-state index contributed by atoms with van der Waals surface area (Å²) in [5.74, 6) is 0. The molecule has 18 heavy (non-hydrogen) atoms. The van der Waals surface area contributed by atoms with Crippen LogP contribution in [0.5, 0.6) is 0 Å². The first kappa shape index (κ1) is 14.8. The lowest BCUT2D eigenvalue weighted by atomic mass is 10.0. The quantitative estimate of drug-likeness (QED) is 0.770. The molecule has 0 aromatic heterocycles. The van der Waals surface area contributed by atoms with Crippen molar-refractivity contribution in [2.24, 2.45) is 0 Å². The van der Waals surface area contributed by atoms with Crippen LogP contribution in [-0.4, -0.2) is 24.3 Å². The van der Waals surface area contributed by atoms with Gasteiger partial charge in [0.2, 0.25) is 0 Å². The van der Waals surface area contributed by atoms with Gasteiger partial charge in [-0.2, -0.15) is 0 Å². The first-order valence-corrected chi connectivity index (χ1v) is 6.47. The largest absolute Gasteiger partial charge is 0.395 e. The van der Waals surface area contributed by atoms with E-state index in [1.165, 1.54) is 0 Å². The Morgan fingerprint density at radius 3 is 2.61 bits per heavy atom. The second-order valence-corrected chi connectivity index (χ2v) is 4.28. The molecule has 1 aromatic rings. The second kappa shape index (κ2) is 7.24. The van der Waals surface area contributed by atoms with Crippen molar-refractivity contribution in [3.8, 4) is 0 Å². The number of hydrogen-bond donors (Lipinski definition) is 3. The Labute approximate surface area is 112 Å². The van der Waals surface area contributed by atoms with Crippen molar-refractivity contribution in [1.29, 1.82) is 0 Å². The molecule has 0 radical (unpaired) electrons. The van der Waals surface area contributed by atoms with Crippen molar-refractivity contribution in [2.45, 2.75) is 26.7 Å². The molecular weight excluding hydrogens is 252 g/mol. The number of hydrogen-bond acceptors (Lipinski definition) is 2. The van der Waals surface area contributed by atoms with E-state index < -0.39 is 0 Å². The zero-order valence-electron chi connectivity index (χ0n) is 10.7. The molecule has 5 heteroatoms. The maximum atomic E-state index is 11.6. The fourth-order valence-electron chi connectivity index (χ4n) is 1.79. The monoisotopic (exact) mass is 270 g/mol. The van der Waals surface area contributed by atoms with E-state index >= 15 is 0 Å². The number of amides is 2. The van der Waals surface area contributed by atoms with Crippen LogP contribution in [0.3, 0.4) is 0 Å². The molecule has 0 spiro atoms. The Hall–Kier alpha value is -1.26. The average molecular weight is 271 g/mol. The van der Waals surface area contributed by atoms with Crippen LogP contribution < -0.4 is 10.6 Å². The molecule has 1 aromatic carbocycles. The summed E-state index contributed by atoms with van der Waals surface area (Å²) in [5.41, 5.74) is 2.77. The number of benzene rings is 1. The zero-order chi connectivity index (χ0) is 13.5. The number of anilines is 1. The van der Waals surface area contributed by atoms with E-state index in [-0.39, 0.29) is 19.2 Å². The fourth-order valence-corrected chi connectivity index (χ4v) is 2.09. The Balaban J connectivity index is 2.97. The van der Waals surface area contributed by atoms with E-state index in [1.807, 2.05) is 26.0 Å². The molecule has 0 aliphatic heterocycles. The molecule has 0 unspecified atom stereocenters. The molecule has 0 saturated heterocycles. The summed E-state index contributed by atoms with van der Waals surface area (Å²) >= 11 is 6.13. The SMILES string of the molecule is CCc1ccc(Cl)c(CC)c1NC(=O)NCCO. The minimum absolute atomic E-state index is 0.0791. The van der Waals surface area contributed by atoms with Crippen molar-refractivity contribution >= 4 is 23.3 Å². The minimum atomic E-state index is -0.323. The van der Waals surface area contributed by atoms with Crippen LogP contribution in [0.2, 0.25) is 5.02 Å². The molecule has 0 atom stereocenters. The summed E-state index contributed by atoms with van der Waals surface area (Å²) in [6.45, 7) is 4.18. The third-order valence-corrected chi connectivity index (χ3v) is 3.07. The van der Waals surface area contributed by atoms with Gasteiger partial charge in [0.1, 0.15) is 0 Å². The van der Waals surface area contributed by atoms with Crippen LogP contribution in [0.25, 0.3) is 0 Å². The van der Waals surface area contributed by atoms with Crippen LogP contribution in [0, 0.1) is 0 Å². The Bertz CT molecular complexity index is 422. The predicted molar refractivity (Wildman–Crippen MR) is 74.3 cm³/mol. The lowest BCUT2D eigenvalue weighted by molar-refractivity contribution is 0.244. The molecule has 3 N–H and O–H groups in total. The smallest absolute Gasteiger partial charge is 0.319 e. The van der Waals surface area contributed by atoms with E-state index in [4.69, 9.17) is 16.7 Å². The number of carbonyl (C=O) groups excluding carboxylic acids is 1. The molecule has 0 aliphatic carbocycles. The van der Waals surface area contributed by atoms with Gasteiger partial charge in [-0.1, -0.05) is 31.5 Å². The van der Waals surface area contributed by atoms with E-state index in [0.29, 0.717) is 5.02 Å². The van der Waals surface area contributed by atoms with Gasteiger partial charge in [-0.15, -0.1) is 0 Å². The van der Waals surface area contributed by atoms with Gasteiger partial charge < -0.3 is 15.7 Å². The third kappa shape index (κ3) is 3.62. The summed E-state index contributed by atoms with van der Waals surface area (Å²) in [4.78, 5) is 11.6. The number of urea groups is 1. The highest BCUT2D eigenvalue weighted by Gasteiger charge is 2.12. The molecule has 0 saturated carbocycles. The first-order valence-electron chi connectivity index (χ1n) is 6.09. The number of aliphatic hydroxyl groups excluding tert-OH is 1. The van der Waals surface area contributed by atoms with E-state index in [0.717, 1.165) is 29.7 Å². The lowest BCUT2D eigenvalue weighted by Gasteiger charge is -2.16. The van der Waals surface area contributed by atoms with Crippen molar-refractivity contribution < 1.29 is 9.90 Å². The van der Waals surface area contributed by atoms with Gasteiger partial charge in [0.25, 0.3) is 0 Å². The normalized spacial score (nSPS) is 10.2. The van der Waals surface area contributed by atoms with Gasteiger partial charge in [0.15, 0.2) is 0 Å². The number of halogens is 1. The highest BCUT2D eigenvalue weighted by atomic mass is 35.5. The highest BCUT2D eigenvalue weighted by Crippen LogP contribution is 2.29. The molecule has 0 heterocycles. The number of aryl methyl sites for hydroxylation is 1. The maximum Gasteiger partial charge on any atom is 0.319 e. The molecule has 0 fully saturated rings. The summed E-state index contributed by atoms with van der Waals surface area (Å²) < 4.78 is 0. The van der Waals surface area contributed by atoms with E-state index in [1.54, 1.807) is 0 Å². The van der Waals surface area contributed by atoms with Gasteiger partial charge in [-0.25, -0.2) is 4.79 Å². The molecule has 4 nitrogen and oxygen atoms in total. The van der Waals surface area contributed by atoms with Crippen molar-refractivity contribution in [3.63, 3.8) is 0 Å². The Kier molecular flexibility index (Phi) is 5.95. The van der Waals surface area contributed by atoms with Gasteiger partial charge in [0.05, 0.1) is 12.3 Å². The summed E-state index contributed by atoms with van der Waals surface area (Å²) in [6, 6.07) is 3.45. The van der Waals surface area contributed by atoms with E-state index in [9.17, 15) is 4.79 Å². The van der Waals surface area contributed by atoms with Gasteiger partial charge in [0, 0.05) is 11.6 Å². The number of nitrogens with one attached hydrogen (secondary N) is 2. The highest BCUT2D eigenvalue weighted by molar-refractivity contribution is 6.31. The third-order valence-electron chi connectivity index (χ3n) is 2.71. The van der Waals surface area contributed by atoms with Crippen LogP contribution in [0.4, 0.5) is 10.5 Å².